The Kier molecular flexibility index (Phi) is 5.54. The third-order valence-electron chi connectivity index (χ3n) is 4.34. The van der Waals surface area contributed by atoms with Gasteiger partial charge in [0.25, 0.3) is 0 Å². The molecule has 5 nitrogen and oxygen atoms in total. The van der Waals surface area contributed by atoms with Crippen LogP contribution in [-0.2, 0) is 6.54 Å². The van der Waals surface area contributed by atoms with Crippen LogP contribution in [0.2, 0.25) is 0 Å². The van der Waals surface area contributed by atoms with Crippen molar-refractivity contribution in [2.24, 2.45) is 5.92 Å². The second-order valence-corrected chi connectivity index (χ2v) is 6.25. The van der Waals surface area contributed by atoms with Crippen LogP contribution in [0.1, 0.15) is 52.4 Å². The number of nitrogens with one attached hydrogen (secondary N) is 1. The van der Waals surface area contributed by atoms with E-state index < -0.39 is 0 Å². The summed E-state index contributed by atoms with van der Waals surface area (Å²) in [7, 11) is 0. The largest absolute Gasteiger partial charge is 0.312 e. The van der Waals surface area contributed by atoms with Gasteiger partial charge in [-0.15, -0.1) is 0 Å². The summed E-state index contributed by atoms with van der Waals surface area (Å²) in [5.41, 5.74) is 0. The lowest BCUT2D eigenvalue weighted by Gasteiger charge is -2.28. The molecule has 0 saturated carbocycles. The van der Waals surface area contributed by atoms with Crippen LogP contribution in [0.15, 0.2) is 6.33 Å². The number of rotatable bonds is 5. The highest BCUT2D eigenvalue weighted by Gasteiger charge is 2.23. The first-order valence-electron chi connectivity index (χ1n) is 7.96. The molecule has 2 rings (SSSR count). The van der Waals surface area contributed by atoms with Gasteiger partial charge in [-0.25, -0.2) is 9.67 Å². The van der Waals surface area contributed by atoms with Gasteiger partial charge in [0.2, 0.25) is 0 Å². The predicted molar refractivity (Wildman–Crippen MR) is 81.5 cm³/mol. The van der Waals surface area contributed by atoms with Crippen molar-refractivity contribution in [3.63, 3.8) is 0 Å². The summed E-state index contributed by atoms with van der Waals surface area (Å²) >= 11 is 0. The monoisotopic (exact) mass is 279 g/mol. The molecule has 1 N–H and O–H groups in total. The first kappa shape index (κ1) is 15.4. The molecule has 0 aromatic carbocycles. The second-order valence-electron chi connectivity index (χ2n) is 6.25. The zero-order valence-corrected chi connectivity index (χ0v) is 13.3. The minimum atomic E-state index is 0.378. The molecule has 20 heavy (non-hydrogen) atoms. The minimum absolute atomic E-state index is 0.378. The number of nitrogens with zero attached hydrogens (tertiary/aromatic N) is 4. The first-order valence-corrected chi connectivity index (χ1v) is 7.96. The quantitative estimate of drug-likeness (QED) is 0.896. The van der Waals surface area contributed by atoms with Gasteiger partial charge in [0.1, 0.15) is 12.2 Å². The van der Waals surface area contributed by atoms with E-state index in [1.54, 1.807) is 6.33 Å². The molecule has 2 atom stereocenters. The van der Waals surface area contributed by atoms with Gasteiger partial charge in [-0.3, -0.25) is 4.90 Å². The molecule has 0 radical (unpaired) electrons. The second kappa shape index (κ2) is 7.18. The molecule has 2 heterocycles. The van der Waals surface area contributed by atoms with Gasteiger partial charge < -0.3 is 5.32 Å². The van der Waals surface area contributed by atoms with Crippen LogP contribution in [0.25, 0.3) is 0 Å². The molecular weight excluding hydrogens is 250 g/mol. The first-order chi connectivity index (χ1) is 9.61. The smallest absolute Gasteiger partial charge is 0.141 e. The van der Waals surface area contributed by atoms with E-state index >= 15 is 0 Å². The lowest BCUT2D eigenvalue weighted by molar-refractivity contribution is 0.222. The van der Waals surface area contributed by atoms with Crippen LogP contribution in [0, 0.1) is 5.92 Å². The van der Waals surface area contributed by atoms with E-state index in [2.05, 4.69) is 48.0 Å². The normalized spacial score (nSPS) is 22.9. The summed E-state index contributed by atoms with van der Waals surface area (Å²) in [6.45, 7) is 13.2. The van der Waals surface area contributed by atoms with E-state index in [0.717, 1.165) is 37.9 Å². The van der Waals surface area contributed by atoms with E-state index in [-0.39, 0.29) is 0 Å². The van der Waals surface area contributed by atoms with Crippen molar-refractivity contribution >= 4 is 0 Å². The molecule has 0 bridgehead atoms. The fraction of sp³-hybridized carbons (Fsp3) is 0.867. The van der Waals surface area contributed by atoms with Crippen molar-refractivity contribution in [2.75, 3.05) is 19.6 Å². The Labute approximate surface area is 122 Å². The molecule has 1 saturated heterocycles. The van der Waals surface area contributed by atoms with Crippen molar-refractivity contribution in [3.8, 4) is 0 Å². The van der Waals surface area contributed by atoms with E-state index in [1.807, 2.05) is 4.68 Å². The zero-order chi connectivity index (χ0) is 14.5. The molecule has 0 aliphatic carbocycles. The van der Waals surface area contributed by atoms with Crippen molar-refractivity contribution < 1.29 is 0 Å². The molecule has 0 amide bonds. The molecule has 5 heteroatoms. The van der Waals surface area contributed by atoms with E-state index in [4.69, 9.17) is 0 Å². The third-order valence-corrected chi connectivity index (χ3v) is 4.34. The number of hydrogen-bond donors (Lipinski definition) is 1. The Morgan fingerprint density at radius 1 is 1.40 bits per heavy atom. The van der Waals surface area contributed by atoms with Gasteiger partial charge in [0, 0.05) is 18.6 Å². The molecule has 1 aliphatic heterocycles. The van der Waals surface area contributed by atoms with Crippen LogP contribution in [0.3, 0.4) is 0 Å². The minimum Gasteiger partial charge on any atom is -0.312 e. The van der Waals surface area contributed by atoms with Gasteiger partial charge in [-0.1, -0.05) is 20.3 Å². The van der Waals surface area contributed by atoms with Crippen LogP contribution >= 0.6 is 0 Å². The SMILES string of the molecule is CCC(C)C1CN(Cc2ncnn2C(C)C)CCCN1. The van der Waals surface area contributed by atoms with Crippen LogP contribution in [0.4, 0.5) is 0 Å². The Bertz CT molecular complexity index is 401. The Hall–Kier alpha value is -0.940. The molecule has 114 valence electrons. The molecule has 1 aliphatic rings. The summed E-state index contributed by atoms with van der Waals surface area (Å²) in [6, 6.07) is 0.973. The molecule has 0 spiro atoms. The van der Waals surface area contributed by atoms with Gasteiger partial charge in [0.15, 0.2) is 0 Å². The Morgan fingerprint density at radius 3 is 2.90 bits per heavy atom. The van der Waals surface area contributed by atoms with Crippen molar-refractivity contribution in [1.82, 2.24) is 25.0 Å². The van der Waals surface area contributed by atoms with Gasteiger partial charge in [-0.05, 0) is 39.3 Å². The van der Waals surface area contributed by atoms with Crippen molar-refractivity contribution in [1.29, 1.82) is 0 Å². The standard InChI is InChI=1S/C15H29N5/c1-5-13(4)14-9-19(8-6-7-16-14)10-15-17-11-18-20(15)12(2)3/h11-14,16H,5-10H2,1-4H3. The number of hydrogen-bond acceptors (Lipinski definition) is 4. The average molecular weight is 279 g/mol. The number of aromatic nitrogens is 3. The Morgan fingerprint density at radius 2 is 2.20 bits per heavy atom. The summed E-state index contributed by atoms with van der Waals surface area (Å²) in [5.74, 6) is 1.81. The van der Waals surface area contributed by atoms with Crippen LogP contribution in [-0.4, -0.2) is 45.3 Å². The Balaban J connectivity index is 2.01. The summed E-state index contributed by atoms with van der Waals surface area (Å²) < 4.78 is 2.04. The summed E-state index contributed by atoms with van der Waals surface area (Å²) in [5, 5.41) is 8.03. The zero-order valence-electron chi connectivity index (χ0n) is 13.3. The maximum absolute atomic E-state index is 4.44. The van der Waals surface area contributed by atoms with E-state index in [0.29, 0.717) is 12.1 Å². The fourth-order valence-corrected chi connectivity index (χ4v) is 2.85. The molecule has 1 fully saturated rings. The van der Waals surface area contributed by atoms with Crippen LogP contribution < -0.4 is 5.32 Å². The molecule has 2 unspecified atom stereocenters. The molecule has 1 aromatic heterocycles. The van der Waals surface area contributed by atoms with E-state index in [1.165, 1.54) is 12.8 Å². The lowest BCUT2D eigenvalue weighted by atomic mass is 9.99. The topological polar surface area (TPSA) is 46.0 Å². The lowest BCUT2D eigenvalue weighted by Crippen LogP contribution is -2.42. The maximum atomic E-state index is 4.44. The highest BCUT2D eigenvalue weighted by atomic mass is 15.4. The summed E-state index contributed by atoms with van der Waals surface area (Å²) in [6.07, 6.45) is 4.12. The average Bonchev–Trinajstić information content (AvgIpc) is 2.76. The molecule has 1 aromatic rings. The maximum Gasteiger partial charge on any atom is 0.141 e. The van der Waals surface area contributed by atoms with E-state index in [9.17, 15) is 0 Å². The highest BCUT2D eigenvalue weighted by molar-refractivity contribution is 4.89. The van der Waals surface area contributed by atoms with Gasteiger partial charge >= 0.3 is 0 Å². The van der Waals surface area contributed by atoms with Crippen molar-refractivity contribution in [2.45, 2.75) is 59.2 Å². The van der Waals surface area contributed by atoms with Crippen molar-refractivity contribution in [3.05, 3.63) is 12.2 Å². The van der Waals surface area contributed by atoms with Gasteiger partial charge in [0.05, 0.1) is 6.54 Å². The fourth-order valence-electron chi connectivity index (χ4n) is 2.85. The van der Waals surface area contributed by atoms with Gasteiger partial charge in [-0.2, -0.15) is 5.10 Å². The third kappa shape index (κ3) is 3.79. The summed E-state index contributed by atoms with van der Waals surface area (Å²) in [4.78, 5) is 6.97. The molecular formula is C15H29N5. The highest BCUT2D eigenvalue weighted by Crippen LogP contribution is 2.15. The predicted octanol–water partition coefficient (Wildman–Crippen LogP) is 2.07. The van der Waals surface area contributed by atoms with Crippen LogP contribution in [0.5, 0.6) is 0 Å².